The Labute approximate surface area is 282 Å². The normalized spacial score (nSPS) is 11.1. The summed E-state index contributed by atoms with van der Waals surface area (Å²) in [5.41, 5.74) is 9.93. The molecule has 1 aromatic heterocycles. The minimum absolute atomic E-state index is 0.644. The average Bonchev–Trinajstić information content (AvgIpc) is 3.15. The van der Waals surface area contributed by atoms with Crippen molar-refractivity contribution in [3.63, 3.8) is 0 Å². The van der Waals surface area contributed by atoms with Crippen molar-refractivity contribution < 1.29 is 0 Å². The van der Waals surface area contributed by atoms with Crippen molar-refractivity contribution in [2.45, 2.75) is 0 Å². The second-order valence-corrected chi connectivity index (χ2v) is 12.5. The summed E-state index contributed by atoms with van der Waals surface area (Å²) in [4.78, 5) is 15.0. The Morgan fingerprint density at radius 1 is 0.319 bits per heavy atom. The topological polar surface area (TPSA) is 38.7 Å². The Kier molecular flexibility index (Phi) is 7.72. The van der Waals surface area contributed by atoms with E-state index in [1.54, 1.807) is 0 Å². The fourth-order valence-electron chi connectivity index (χ4n) is 6.07. The van der Waals surface area contributed by atoms with Crippen molar-refractivity contribution in [1.29, 1.82) is 0 Å². The molecule has 0 atom stereocenters. The van der Waals surface area contributed by atoms with Gasteiger partial charge >= 0.3 is 160 Å². The summed E-state index contributed by atoms with van der Waals surface area (Å²) in [7, 11) is 0. The van der Waals surface area contributed by atoms with Gasteiger partial charge in [0.2, 0.25) is 0 Å². The second kappa shape index (κ2) is 12.6. The van der Waals surface area contributed by atoms with Gasteiger partial charge in [-0.1, -0.05) is 78.9 Å². The molecule has 0 amide bonds. The van der Waals surface area contributed by atoms with E-state index in [0.717, 1.165) is 33.2 Å². The van der Waals surface area contributed by atoms with Crippen LogP contribution in [-0.4, -0.2) is 31.0 Å². The molecule has 0 aliphatic heterocycles. The standard InChI is InChI=1S/C43H29N3Se/c47-40-23-8-7-21-39(40)34-18-10-17-32(27-34)37-22-11-19-33-28-36(24-25-38(33)37)43-45-41(30-14-5-2-6-15-30)44-42(46-43)35-20-9-16-31(26-35)29-12-3-1-4-13-29/h1-28,47H. The number of nitrogens with zero attached hydrogens (tertiary/aromatic N) is 3. The van der Waals surface area contributed by atoms with Crippen LogP contribution in [0.25, 0.3) is 78.3 Å². The van der Waals surface area contributed by atoms with Crippen molar-refractivity contribution in [1.82, 2.24) is 15.0 Å². The molecule has 0 bridgehead atoms. The fourth-order valence-corrected chi connectivity index (χ4v) is 6.67. The van der Waals surface area contributed by atoms with Crippen LogP contribution in [0, 0.1) is 0 Å². The molecular weight excluding hydrogens is 637 g/mol. The molecule has 0 fully saturated rings. The van der Waals surface area contributed by atoms with Gasteiger partial charge in [0, 0.05) is 11.1 Å². The first-order valence-corrected chi connectivity index (χ1v) is 16.5. The molecule has 222 valence electrons. The van der Waals surface area contributed by atoms with Gasteiger partial charge in [-0.05, 0) is 17.2 Å². The van der Waals surface area contributed by atoms with Crippen molar-refractivity contribution in [3.8, 4) is 67.5 Å². The second-order valence-electron chi connectivity index (χ2n) is 11.5. The Hall–Kier alpha value is -5.67. The molecule has 0 saturated heterocycles. The molecule has 0 saturated carbocycles. The number of rotatable bonds is 6. The molecule has 0 spiro atoms. The molecule has 0 aliphatic carbocycles. The van der Waals surface area contributed by atoms with Gasteiger partial charge in [0.25, 0.3) is 0 Å². The van der Waals surface area contributed by atoms with Gasteiger partial charge in [-0.3, -0.25) is 0 Å². The zero-order valence-electron chi connectivity index (χ0n) is 25.5. The molecule has 4 heteroatoms. The summed E-state index contributed by atoms with van der Waals surface area (Å²) in [5, 5.41) is 2.31. The quantitative estimate of drug-likeness (QED) is 0.166. The van der Waals surface area contributed by atoms with Crippen LogP contribution in [0.5, 0.6) is 0 Å². The van der Waals surface area contributed by atoms with Crippen LogP contribution < -0.4 is 4.46 Å². The monoisotopic (exact) mass is 667 g/mol. The minimum atomic E-state index is 0.644. The Balaban J connectivity index is 1.23. The number of fused-ring (bicyclic) bond motifs is 1. The SMILES string of the molecule is [SeH]c1ccccc1-c1cccc(-c2cccc3cc(-c4nc(-c5ccccc5)nc(-c5cccc(-c6ccccc6)c5)n4)ccc23)c1. The van der Waals surface area contributed by atoms with E-state index < -0.39 is 0 Å². The van der Waals surface area contributed by atoms with E-state index in [0.29, 0.717) is 17.5 Å². The molecule has 0 radical (unpaired) electrons. The van der Waals surface area contributed by atoms with E-state index >= 15 is 0 Å². The van der Waals surface area contributed by atoms with Gasteiger partial charge in [0.15, 0.2) is 11.6 Å². The number of benzene rings is 7. The summed E-state index contributed by atoms with van der Waals surface area (Å²) in [6, 6.07) is 59.2. The number of aromatic nitrogens is 3. The number of hydrogen-bond acceptors (Lipinski definition) is 3. The first-order valence-electron chi connectivity index (χ1n) is 15.6. The third-order valence-electron chi connectivity index (χ3n) is 8.42. The van der Waals surface area contributed by atoms with E-state index in [1.165, 1.54) is 32.1 Å². The van der Waals surface area contributed by atoms with E-state index in [9.17, 15) is 0 Å². The third-order valence-corrected chi connectivity index (χ3v) is 9.24. The van der Waals surface area contributed by atoms with Crippen LogP contribution in [0.4, 0.5) is 0 Å². The first kappa shape index (κ1) is 28.8. The average molecular weight is 667 g/mol. The summed E-state index contributed by atoms with van der Waals surface area (Å²) in [6.07, 6.45) is 0. The van der Waals surface area contributed by atoms with Gasteiger partial charge in [-0.15, -0.1) is 0 Å². The molecule has 1 heterocycles. The van der Waals surface area contributed by atoms with Crippen LogP contribution in [0.1, 0.15) is 0 Å². The maximum absolute atomic E-state index is 5.05. The fraction of sp³-hybridized carbons (Fsp3) is 0. The number of hydrogen-bond donors (Lipinski definition) is 0. The van der Waals surface area contributed by atoms with Crippen molar-refractivity contribution in [2.24, 2.45) is 0 Å². The van der Waals surface area contributed by atoms with Gasteiger partial charge in [-0.2, -0.15) is 0 Å². The van der Waals surface area contributed by atoms with Gasteiger partial charge < -0.3 is 0 Å². The maximum atomic E-state index is 5.05. The zero-order chi connectivity index (χ0) is 31.6. The Morgan fingerprint density at radius 2 is 0.809 bits per heavy atom. The first-order chi connectivity index (χ1) is 23.2. The predicted octanol–water partition coefficient (Wildman–Crippen LogP) is 9.55. The van der Waals surface area contributed by atoms with E-state index in [4.69, 9.17) is 15.0 Å². The molecular formula is C43H29N3Se. The summed E-state index contributed by atoms with van der Waals surface area (Å²) in [5.74, 6) is 1.94. The molecule has 0 unspecified atom stereocenters. The summed E-state index contributed by atoms with van der Waals surface area (Å²) in [6.45, 7) is 0. The van der Waals surface area contributed by atoms with Crippen LogP contribution in [0.3, 0.4) is 0 Å². The Bertz CT molecular complexity index is 2370. The molecule has 7 aromatic carbocycles. The molecule has 0 aliphatic rings. The van der Waals surface area contributed by atoms with Crippen LogP contribution in [-0.2, 0) is 0 Å². The predicted molar refractivity (Wildman–Crippen MR) is 197 cm³/mol. The van der Waals surface area contributed by atoms with E-state index in [-0.39, 0.29) is 0 Å². The van der Waals surface area contributed by atoms with Gasteiger partial charge in [-0.25, -0.2) is 4.98 Å². The van der Waals surface area contributed by atoms with E-state index in [1.807, 2.05) is 36.4 Å². The van der Waals surface area contributed by atoms with Crippen molar-refractivity contribution >= 4 is 31.2 Å². The zero-order valence-corrected chi connectivity index (χ0v) is 27.3. The van der Waals surface area contributed by atoms with Crippen LogP contribution in [0.15, 0.2) is 170 Å². The Morgan fingerprint density at radius 3 is 1.53 bits per heavy atom. The van der Waals surface area contributed by atoms with E-state index in [2.05, 4.69) is 149 Å². The van der Waals surface area contributed by atoms with Crippen LogP contribution >= 0.6 is 0 Å². The van der Waals surface area contributed by atoms with Gasteiger partial charge in [0.05, 0.1) is 0 Å². The summed E-state index contributed by atoms with van der Waals surface area (Å²) < 4.78 is 1.21. The van der Waals surface area contributed by atoms with Crippen molar-refractivity contribution in [2.75, 3.05) is 0 Å². The van der Waals surface area contributed by atoms with Crippen LogP contribution in [0.2, 0.25) is 0 Å². The molecule has 3 nitrogen and oxygen atoms in total. The van der Waals surface area contributed by atoms with Crippen molar-refractivity contribution in [3.05, 3.63) is 170 Å². The molecule has 0 N–H and O–H groups in total. The van der Waals surface area contributed by atoms with Gasteiger partial charge in [0.1, 0.15) is 0 Å². The molecule has 47 heavy (non-hydrogen) atoms. The summed E-state index contributed by atoms with van der Waals surface area (Å²) >= 11 is 2.68. The molecule has 8 aromatic rings. The molecule has 8 rings (SSSR count). The third kappa shape index (κ3) is 5.89.